The highest BCUT2D eigenvalue weighted by Gasteiger charge is 2.38. The van der Waals surface area contributed by atoms with E-state index in [1.54, 1.807) is 0 Å². The fraction of sp³-hybridized carbons (Fsp3) is 0.875. The van der Waals surface area contributed by atoms with E-state index in [9.17, 15) is 9.59 Å². The van der Waals surface area contributed by atoms with E-state index in [4.69, 9.17) is 5.11 Å². The Hall–Kier alpha value is -1.10. The second kappa shape index (κ2) is 7.25. The van der Waals surface area contributed by atoms with E-state index in [0.717, 1.165) is 32.2 Å². The molecule has 0 radical (unpaired) electrons. The number of carbonyl (C=O) groups is 2. The Balaban J connectivity index is 2.50. The maximum absolute atomic E-state index is 12.2. The SMILES string of the molecule is CN(C)CC(C)(C)CNC(=O)CC1(CC(=O)O)CCCC1. The lowest BCUT2D eigenvalue weighted by Gasteiger charge is -2.30. The van der Waals surface area contributed by atoms with E-state index < -0.39 is 5.97 Å². The van der Waals surface area contributed by atoms with Crippen molar-refractivity contribution in [1.82, 2.24) is 10.2 Å². The van der Waals surface area contributed by atoms with Gasteiger partial charge in [-0.1, -0.05) is 26.7 Å². The van der Waals surface area contributed by atoms with Gasteiger partial charge in [-0.05, 0) is 37.8 Å². The molecule has 0 unspecified atom stereocenters. The number of aliphatic carboxylic acids is 1. The molecule has 1 aliphatic carbocycles. The van der Waals surface area contributed by atoms with Gasteiger partial charge in [0.05, 0.1) is 6.42 Å². The maximum Gasteiger partial charge on any atom is 0.303 e. The van der Waals surface area contributed by atoms with Crippen molar-refractivity contribution in [2.75, 3.05) is 27.2 Å². The molecule has 1 aliphatic rings. The monoisotopic (exact) mass is 298 g/mol. The second-order valence-corrected chi connectivity index (χ2v) is 7.63. The molecule has 1 saturated carbocycles. The zero-order chi connectivity index (χ0) is 16.1. The van der Waals surface area contributed by atoms with E-state index in [1.807, 2.05) is 14.1 Å². The van der Waals surface area contributed by atoms with Crippen LogP contribution in [0, 0.1) is 10.8 Å². The molecule has 5 nitrogen and oxygen atoms in total. The molecule has 2 N–H and O–H groups in total. The molecular weight excluding hydrogens is 268 g/mol. The largest absolute Gasteiger partial charge is 0.481 e. The zero-order valence-corrected chi connectivity index (χ0v) is 13.9. The van der Waals surface area contributed by atoms with Crippen LogP contribution in [0.2, 0.25) is 0 Å². The van der Waals surface area contributed by atoms with Crippen LogP contribution >= 0.6 is 0 Å². The molecule has 1 amide bonds. The summed E-state index contributed by atoms with van der Waals surface area (Å²) in [6.07, 6.45) is 4.24. The maximum atomic E-state index is 12.2. The van der Waals surface area contributed by atoms with Crippen molar-refractivity contribution in [1.29, 1.82) is 0 Å². The van der Waals surface area contributed by atoms with Crippen LogP contribution in [0.5, 0.6) is 0 Å². The normalized spacial score (nSPS) is 18.0. The van der Waals surface area contributed by atoms with Crippen molar-refractivity contribution in [3.8, 4) is 0 Å². The van der Waals surface area contributed by atoms with Crippen molar-refractivity contribution in [2.24, 2.45) is 10.8 Å². The predicted molar refractivity (Wildman–Crippen MR) is 83.1 cm³/mol. The molecule has 1 rings (SSSR count). The summed E-state index contributed by atoms with van der Waals surface area (Å²) in [5, 5.41) is 12.1. The van der Waals surface area contributed by atoms with Gasteiger partial charge in [-0.15, -0.1) is 0 Å². The average Bonchev–Trinajstić information content (AvgIpc) is 2.72. The lowest BCUT2D eigenvalue weighted by molar-refractivity contribution is -0.140. The average molecular weight is 298 g/mol. The van der Waals surface area contributed by atoms with Crippen molar-refractivity contribution in [3.63, 3.8) is 0 Å². The number of hydrogen-bond acceptors (Lipinski definition) is 3. The van der Waals surface area contributed by atoms with Gasteiger partial charge in [-0.25, -0.2) is 0 Å². The smallest absolute Gasteiger partial charge is 0.303 e. The minimum atomic E-state index is -0.794. The first kappa shape index (κ1) is 18.0. The van der Waals surface area contributed by atoms with Crippen LogP contribution in [0.1, 0.15) is 52.4 Å². The molecule has 0 atom stereocenters. The Morgan fingerprint density at radius 1 is 1.19 bits per heavy atom. The minimum Gasteiger partial charge on any atom is -0.481 e. The molecule has 5 heteroatoms. The standard InChI is InChI=1S/C16H30N2O3/c1-15(2,12-18(3)4)11-17-13(19)9-16(10-14(20)21)7-5-6-8-16/h5-12H2,1-4H3,(H,17,19)(H,20,21). The Kier molecular flexibility index (Phi) is 6.20. The van der Waals surface area contributed by atoms with Gasteiger partial charge >= 0.3 is 5.97 Å². The van der Waals surface area contributed by atoms with Gasteiger partial charge < -0.3 is 15.3 Å². The third-order valence-electron chi connectivity index (χ3n) is 4.23. The van der Waals surface area contributed by atoms with Crippen LogP contribution in [0.15, 0.2) is 0 Å². The third kappa shape index (κ3) is 6.46. The number of nitrogens with zero attached hydrogens (tertiary/aromatic N) is 1. The van der Waals surface area contributed by atoms with Crippen molar-refractivity contribution in [2.45, 2.75) is 52.4 Å². The number of carboxylic acid groups (broad SMARTS) is 1. The molecule has 0 aromatic rings. The summed E-state index contributed by atoms with van der Waals surface area (Å²) in [4.78, 5) is 25.3. The lowest BCUT2D eigenvalue weighted by atomic mass is 9.79. The number of carbonyl (C=O) groups excluding carboxylic acids is 1. The van der Waals surface area contributed by atoms with Gasteiger partial charge in [0.25, 0.3) is 0 Å². The second-order valence-electron chi connectivity index (χ2n) is 7.63. The molecule has 0 spiro atoms. The first-order valence-electron chi connectivity index (χ1n) is 7.77. The Morgan fingerprint density at radius 3 is 2.24 bits per heavy atom. The first-order chi connectivity index (χ1) is 9.64. The van der Waals surface area contributed by atoms with Gasteiger partial charge in [0.15, 0.2) is 0 Å². The highest BCUT2D eigenvalue weighted by Crippen LogP contribution is 2.44. The summed E-state index contributed by atoms with van der Waals surface area (Å²) in [5.41, 5.74) is -0.309. The third-order valence-corrected chi connectivity index (χ3v) is 4.23. The van der Waals surface area contributed by atoms with Gasteiger partial charge in [0.2, 0.25) is 5.91 Å². The topological polar surface area (TPSA) is 69.6 Å². The van der Waals surface area contributed by atoms with Crippen LogP contribution in [-0.4, -0.2) is 49.1 Å². The van der Waals surface area contributed by atoms with E-state index in [-0.39, 0.29) is 23.2 Å². The van der Waals surface area contributed by atoms with Crippen LogP contribution < -0.4 is 5.32 Å². The fourth-order valence-electron chi connectivity index (χ4n) is 3.51. The van der Waals surface area contributed by atoms with E-state index in [1.165, 1.54) is 0 Å². The van der Waals surface area contributed by atoms with Gasteiger partial charge in [0.1, 0.15) is 0 Å². The van der Waals surface area contributed by atoms with Gasteiger partial charge in [-0.2, -0.15) is 0 Å². The summed E-state index contributed by atoms with van der Waals surface area (Å²) < 4.78 is 0. The first-order valence-corrected chi connectivity index (χ1v) is 7.77. The molecule has 0 aromatic heterocycles. The van der Waals surface area contributed by atoms with Crippen molar-refractivity contribution in [3.05, 3.63) is 0 Å². The number of nitrogens with one attached hydrogen (secondary N) is 1. The van der Waals surface area contributed by atoms with E-state index >= 15 is 0 Å². The van der Waals surface area contributed by atoms with Crippen molar-refractivity contribution >= 4 is 11.9 Å². The number of amides is 1. The summed E-state index contributed by atoms with van der Waals surface area (Å²) in [7, 11) is 4.04. The van der Waals surface area contributed by atoms with Gasteiger partial charge in [0, 0.05) is 19.5 Å². The molecule has 0 heterocycles. The van der Waals surface area contributed by atoms with Crippen LogP contribution in [0.25, 0.3) is 0 Å². The Morgan fingerprint density at radius 2 is 1.76 bits per heavy atom. The molecule has 21 heavy (non-hydrogen) atoms. The van der Waals surface area contributed by atoms with Crippen LogP contribution in [-0.2, 0) is 9.59 Å². The van der Waals surface area contributed by atoms with Crippen molar-refractivity contribution < 1.29 is 14.7 Å². The highest BCUT2D eigenvalue weighted by molar-refractivity contribution is 5.78. The highest BCUT2D eigenvalue weighted by atomic mass is 16.4. The minimum absolute atomic E-state index is 0.00873. The molecule has 0 aliphatic heterocycles. The number of hydrogen-bond donors (Lipinski definition) is 2. The van der Waals surface area contributed by atoms with Gasteiger partial charge in [-0.3, -0.25) is 9.59 Å². The van der Waals surface area contributed by atoms with Crippen LogP contribution in [0.3, 0.4) is 0 Å². The molecule has 122 valence electrons. The summed E-state index contributed by atoms with van der Waals surface area (Å²) >= 11 is 0. The van der Waals surface area contributed by atoms with Crippen LogP contribution in [0.4, 0.5) is 0 Å². The quantitative estimate of drug-likeness (QED) is 0.720. The summed E-state index contributed by atoms with van der Waals surface area (Å²) in [6, 6.07) is 0. The summed E-state index contributed by atoms with van der Waals surface area (Å²) in [6.45, 7) is 5.76. The molecule has 0 saturated heterocycles. The lowest BCUT2D eigenvalue weighted by Crippen LogP contribution is -2.41. The number of rotatable bonds is 8. The molecule has 0 bridgehead atoms. The molecule has 0 aromatic carbocycles. The fourth-order valence-corrected chi connectivity index (χ4v) is 3.51. The molecular formula is C16H30N2O3. The Bertz CT molecular complexity index is 372. The number of carboxylic acids is 1. The summed E-state index contributed by atoms with van der Waals surface area (Å²) in [5.74, 6) is -0.803. The van der Waals surface area contributed by atoms with E-state index in [2.05, 4.69) is 24.1 Å². The predicted octanol–water partition coefficient (Wildman–Crippen LogP) is 2.12. The Labute approximate surface area is 128 Å². The molecule has 1 fully saturated rings. The zero-order valence-electron chi connectivity index (χ0n) is 13.9. The van der Waals surface area contributed by atoms with E-state index in [0.29, 0.717) is 13.0 Å².